The summed E-state index contributed by atoms with van der Waals surface area (Å²) in [5.74, 6) is 1.18. The second kappa shape index (κ2) is 9.96. The van der Waals surface area contributed by atoms with E-state index in [0.29, 0.717) is 28.6 Å². The number of halogens is 1. The van der Waals surface area contributed by atoms with Crippen LogP contribution in [0.2, 0.25) is 5.02 Å². The number of hydrogen-bond donors (Lipinski definition) is 1. The van der Waals surface area contributed by atoms with Gasteiger partial charge in [-0.15, -0.1) is 0 Å². The van der Waals surface area contributed by atoms with Gasteiger partial charge in [0.1, 0.15) is 0 Å². The first-order valence-corrected chi connectivity index (χ1v) is 11.8. The average Bonchev–Trinajstić information content (AvgIpc) is 3.21. The van der Waals surface area contributed by atoms with Crippen LogP contribution in [0.3, 0.4) is 0 Å². The minimum atomic E-state index is 0.325. The lowest BCUT2D eigenvalue weighted by atomic mass is 9.89. The molecule has 0 aliphatic carbocycles. The minimum absolute atomic E-state index is 0.325. The molecule has 6 nitrogen and oxygen atoms in total. The van der Waals surface area contributed by atoms with Gasteiger partial charge in [-0.25, -0.2) is 14.5 Å². The molecule has 0 atom stereocenters. The molecule has 4 heterocycles. The van der Waals surface area contributed by atoms with Crippen molar-refractivity contribution in [3.05, 3.63) is 40.8 Å². The van der Waals surface area contributed by atoms with Gasteiger partial charge in [0.15, 0.2) is 0 Å². The van der Waals surface area contributed by atoms with Crippen LogP contribution in [-0.4, -0.2) is 38.8 Å². The van der Waals surface area contributed by atoms with Gasteiger partial charge in [0.2, 0.25) is 5.95 Å². The smallest absolute Gasteiger partial charge is 0.223 e. The number of nitrogens with one attached hydrogen (secondary N) is 1. The fourth-order valence-corrected chi connectivity index (χ4v) is 4.81. The van der Waals surface area contributed by atoms with E-state index in [9.17, 15) is 0 Å². The summed E-state index contributed by atoms with van der Waals surface area (Å²) in [4.78, 5) is 9.15. The summed E-state index contributed by atoms with van der Waals surface area (Å²) < 4.78 is 7.48. The van der Waals surface area contributed by atoms with Crippen molar-refractivity contribution < 1.29 is 4.74 Å². The number of anilines is 1. The number of aromatic nitrogens is 4. The van der Waals surface area contributed by atoms with Gasteiger partial charge in [-0.3, -0.25) is 0 Å². The van der Waals surface area contributed by atoms with Crippen LogP contribution in [0, 0.1) is 6.92 Å². The molecule has 0 spiro atoms. The molecule has 0 aromatic carbocycles. The SMILES string of the molecule is CCCC(CCC)c1ccc2c(-c3nc(NC4CCOCC4)ncc3Cl)cnn2c1C. The Kier molecular flexibility index (Phi) is 7.08. The van der Waals surface area contributed by atoms with Gasteiger partial charge < -0.3 is 10.1 Å². The predicted octanol–water partition coefficient (Wildman–Crippen LogP) is 6.03. The molecule has 7 heteroatoms. The summed E-state index contributed by atoms with van der Waals surface area (Å²) in [5, 5.41) is 8.67. The van der Waals surface area contributed by atoms with E-state index in [-0.39, 0.29) is 0 Å². The number of nitrogens with zero attached hydrogens (tertiary/aromatic N) is 4. The Balaban J connectivity index is 1.68. The van der Waals surface area contributed by atoms with E-state index >= 15 is 0 Å². The lowest BCUT2D eigenvalue weighted by Gasteiger charge is -2.23. The van der Waals surface area contributed by atoms with Crippen molar-refractivity contribution in [3.8, 4) is 11.3 Å². The molecule has 0 radical (unpaired) electrons. The summed E-state index contributed by atoms with van der Waals surface area (Å²) in [6, 6.07) is 4.75. The van der Waals surface area contributed by atoms with Crippen LogP contribution in [0.25, 0.3) is 16.8 Å². The van der Waals surface area contributed by atoms with Crippen LogP contribution in [0.5, 0.6) is 0 Å². The Morgan fingerprint density at radius 1 is 1.16 bits per heavy atom. The third-order valence-corrected chi connectivity index (χ3v) is 6.51. The van der Waals surface area contributed by atoms with E-state index in [1.54, 1.807) is 6.20 Å². The average molecular weight is 442 g/mol. The van der Waals surface area contributed by atoms with Crippen molar-refractivity contribution in [1.29, 1.82) is 0 Å². The largest absolute Gasteiger partial charge is 0.381 e. The van der Waals surface area contributed by atoms with Crippen molar-refractivity contribution in [2.24, 2.45) is 0 Å². The zero-order valence-electron chi connectivity index (χ0n) is 18.7. The Hall–Kier alpha value is -2.18. The molecule has 3 aromatic rings. The molecule has 31 heavy (non-hydrogen) atoms. The van der Waals surface area contributed by atoms with Gasteiger partial charge in [0.25, 0.3) is 0 Å². The molecule has 0 unspecified atom stereocenters. The van der Waals surface area contributed by atoms with Crippen molar-refractivity contribution in [3.63, 3.8) is 0 Å². The van der Waals surface area contributed by atoms with Gasteiger partial charge >= 0.3 is 0 Å². The maximum absolute atomic E-state index is 6.52. The normalized spacial score (nSPS) is 15.1. The summed E-state index contributed by atoms with van der Waals surface area (Å²) >= 11 is 6.52. The van der Waals surface area contributed by atoms with Crippen LogP contribution in [0.15, 0.2) is 24.5 Å². The van der Waals surface area contributed by atoms with E-state index in [4.69, 9.17) is 26.4 Å². The van der Waals surface area contributed by atoms with E-state index < -0.39 is 0 Å². The predicted molar refractivity (Wildman–Crippen MR) is 126 cm³/mol. The first-order chi connectivity index (χ1) is 15.1. The van der Waals surface area contributed by atoms with Crippen LogP contribution in [0.1, 0.15) is 69.5 Å². The molecule has 166 valence electrons. The standard InChI is InChI=1S/C24H32ClN5O/c1-4-6-17(7-5-2)19-8-9-22-20(14-27-30(22)16(19)3)23-21(25)15-26-24(29-23)28-18-10-12-31-13-11-18/h8-9,14-15,17-18H,4-7,10-13H2,1-3H3,(H,26,28,29). The van der Waals surface area contributed by atoms with E-state index in [0.717, 1.165) is 37.1 Å². The number of ether oxygens (including phenoxy) is 1. The summed E-state index contributed by atoms with van der Waals surface area (Å²) in [6.45, 7) is 8.21. The Labute approximate surface area is 189 Å². The maximum Gasteiger partial charge on any atom is 0.223 e. The second-order valence-corrected chi connectivity index (χ2v) is 8.83. The molecule has 1 aliphatic heterocycles. The Bertz CT molecular complexity index is 1020. The third-order valence-electron chi connectivity index (χ3n) is 6.23. The van der Waals surface area contributed by atoms with Crippen LogP contribution < -0.4 is 5.32 Å². The fraction of sp³-hybridized carbons (Fsp3) is 0.542. The molecule has 1 aliphatic rings. The molecule has 0 bridgehead atoms. The zero-order valence-corrected chi connectivity index (χ0v) is 19.5. The molecule has 4 rings (SSSR count). The lowest BCUT2D eigenvalue weighted by Crippen LogP contribution is -2.28. The van der Waals surface area contributed by atoms with Gasteiger partial charge in [-0.1, -0.05) is 44.4 Å². The minimum Gasteiger partial charge on any atom is -0.381 e. The number of pyridine rings is 1. The molecule has 1 N–H and O–H groups in total. The highest BCUT2D eigenvalue weighted by Crippen LogP contribution is 2.34. The van der Waals surface area contributed by atoms with Crippen LogP contribution >= 0.6 is 11.6 Å². The van der Waals surface area contributed by atoms with Crippen molar-refractivity contribution >= 4 is 23.1 Å². The zero-order chi connectivity index (χ0) is 21.8. The summed E-state index contributed by atoms with van der Waals surface area (Å²) in [7, 11) is 0. The third kappa shape index (κ3) is 4.70. The van der Waals surface area contributed by atoms with Gasteiger partial charge in [0, 0.05) is 30.5 Å². The number of hydrogen-bond acceptors (Lipinski definition) is 5. The summed E-state index contributed by atoms with van der Waals surface area (Å²) in [6.07, 6.45) is 10.2. The topological polar surface area (TPSA) is 64.3 Å². The molecular weight excluding hydrogens is 410 g/mol. The molecule has 3 aromatic heterocycles. The Morgan fingerprint density at radius 3 is 2.61 bits per heavy atom. The Morgan fingerprint density at radius 2 is 1.90 bits per heavy atom. The summed E-state index contributed by atoms with van der Waals surface area (Å²) in [5.41, 5.74) is 5.25. The van der Waals surface area contributed by atoms with E-state index in [1.165, 1.54) is 36.9 Å². The fourth-order valence-electron chi connectivity index (χ4n) is 4.61. The van der Waals surface area contributed by atoms with Gasteiger partial charge in [-0.05, 0) is 50.2 Å². The first-order valence-electron chi connectivity index (χ1n) is 11.5. The highest BCUT2D eigenvalue weighted by Gasteiger charge is 2.20. The highest BCUT2D eigenvalue weighted by atomic mass is 35.5. The first kappa shape index (κ1) is 22.0. The highest BCUT2D eigenvalue weighted by molar-refractivity contribution is 6.33. The quantitative estimate of drug-likeness (QED) is 0.462. The monoisotopic (exact) mass is 441 g/mol. The second-order valence-electron chi connectivity index (χ2n) is 8.42. The maximum atomic E-state index is 6.52. The number of aryl methyl sites for hydroxylation is 1. The van der Waals surface area contributed by atoms with Gasteiger partial charge in [-0.2, -0.15) is 5.10 Å². The molecule has 0 amide bonds. The van der Waals surface area contributed by atoms with E-state index in [2.05, 4.69) is 43.2 Å². The van der Waals surface area contributed by atoms with Gasteiger partial charge in [0.05, 0.1) is 28.6 Å². The molecule has 1 saturated heterocycles. The number of fused-ring (bicyclic) bond motifs is 1. The number of rotatable bonds is 8. The molecule has 1 fully saturated rings. The van der Waals surface area contributed by atoms with Crippen LogP contribution in [0.4, 0.5) is 5.95 Å². The molecule has 0 saturated carbocycles. The van der Waals surface area contributed by atoms with Crippen molar-refractivity contribution in [2.45, 2.75) is 71.3 Å². The van der Waals surface area contributed by atoms with E-state index in [1.807, 2.05) is 10.7 Å². The lowest BCUT2D eigenvalue weighted by molar-refractivity contribution is 0.0903. The van der Waals surface area contributed by atoms with Crippen molar-refractivity contribution in [1.82, 2.24) is 19.6 Å². The molecular formula is C24H32ClN5O. The van der Waals surface area contributed by atoms with Crippen LogP contribution in [-0.2, 0) is 4.74 Å². The van der Waals surface area contributed by atoms with Crippen molar-refractivity contribution in [2.75, 3.05) is 18.5 Å².